The Labute approximate surface area is 176 Å². The van der Waals surface area contributed by atoms with Crippen LogP contribution < -0.4 is 0 Å². The van der Waals surface area contributed by atoms with Gasteiger partial charge in [0.05, 0.1) is 11.5 Å². The largest absolute Gasteiger partial charge is 0.460 e. The van der Waals surface area contributed by atoms with Crippen LogP contribution in [0, 0.1) is 17.7 Å². The first kappa shape index (κ1) is 24.0. The van der Waals surface area contributed by atoms with E-state index < -0.39 is 64.5 Å². The molecule has 0 radical (unpaired) electrons. The summed E-state index contributed by atoms with van der Waals surface area (Å²) in [5.74, 6) is -6.18. The van der Waals surface area contributed by atoms with Gasteiger partial charge in [0, 0.05) is 12.3 Å². The van der Waals surface area contributed by atoms with Gasteiger partial charge >= 0.3 is 11.9 Å². The smallest absolute Gasteiger partial charge is 0.317 e. The van der Waals surface area contributed by atoms with E-state index in [1.807, 2.05) is 0 Å². The molecule has 1 aliphatic carbocycles. The molecule has 0 saturated heterocycles. The summed E-state index contributed by atoms with van der Waals surface area (Å²) in [6.45, 7) is 11.5. The molecule has 1 saturated carbocycles. The second-order valence-electron chi connectivity index (χ2n) is 10.1. The average molecular weight is 422 g/mol. The van der Waals surface area contributed by atoms with E-state index >= 15 is 0 Å². The molecular weight excluding hydrogens is 391 g/mol. The van der Waals surface area contributed by atoms with Crippen LogP contribution in [-0.2, 0) is 23.9 Å². The van der Waals surface area contributed by atoms with Crippen molar-refractivity contribution in [3.05, 3.63) is 35.6 Å². The van der Waals surface area contributed by atoms with Gasteiger partial charge in [0.25, 0.3) is 0 Å². The Morgan fingerprint density at radius 3 is 1.93 bits per heavy atom. The number of aliphatic hydroxyl groups is 1. The van der Waals surface area contributed by atoms with Crippen LogP contribution in [0.3, 0.4) is 0 Å². The van der Waals surface area contributed by atoms with Gasteiger partial charge in [0.15, 0.2) is 5.78 Å². The van der Waals surface area contributed by atoms with Crippen LogP contribution >= 0.6 is 0 Å². The number of hydrogen-bond donors (Lipinski definition) is 1. The Balaban J connectivity index is 2.62. The van der Waals surface area contributed by atoms with Gasteiger partial charge < -0.3 is 14.6 Å². The van der Waals surface area contributed by atoms with Gasteiger partial charge in [-0.2, -0.15) is 0 Å². The van der Waals surface area contributed by atoms with Crippen LogP contribution in [0.5, 0.6) is 0 Å². The number of hydrogen-bond acceptors (Lipinski definition) is 6. The minimum absolute atomic E-state index is 0.372. The molecule has 0 aliphatic heterocycles. The van der Waals surface area contributed by atoms with E-state index in [1.54, 1.807) is 41.5 Å². The van der Waals surface area contributed by atoms with E-state index in [-0.39, 0.29) is 0 Å². The molecule has 1 aromatic rings. The summed E-state index contributed by atoms with van der Waals surface area (Å²) >= 11 is 0. The maximum absolute atomic E-state index is 13.5. The van der Waals surface area contributed by atoms with E-state index in [9.17, 15) is 23.9 Å². The summed E-state index contributed by atoms with van der Waals surface area (Å²) in [4.78, 5) is 39.1. The molecule has 6 nitrogen and oxygen atoms in total. The standard InChI is InChI=1S/C23H31FO6/c1-21(2,3)29-19(26)17-15(25)12-23(7,28)18(20(27)30-22(4,5)6)16(17)13-8-10-14(24)11-9-13/h8-11,16-18,28H,12H2,1-7H3/t16-,17-,18-,23-/m0/s1. The first-order valence-electron chi connectivity index (χ1n) is 9.98. The SMILES string of the molecule is CC(C)(C)OC(=O)[C@H]1C(=O)C[C@](C)(O)[C@H](C(=O)OC(C)(C)C)[C@H]1c1ccc(F)cc1. The molecule has 1 aliphatic rings. The number of esters is 2. The van der Waals surface area contributed by atoms with Crippen molar-refractivity contribution in [1.82, 2.24) is 0 Å². The van der Waals surface area contributed by atoms with Crippen LogP contribution in [-0.4, -0.2) is 39.6 Å². The van der Waals surface area contributed by atoms with Crippen molar-refractivity contribution in [1.29, 1.82) is 0 Å². The molecule has 0 unspecified atom stereocenters. The van der Waals surface area contributed by atoms with Crippen molar-refractivity contribution in [3.8, 4) is 0 Å². The summed E-state index contributed by atoms with van der Waals surface area (Å²) in [6.07, 6.45) is -0.404. The Morgan fingerprint density at radius 2 is 1.47 bits per heavy atom. The number of Topliss-reactive ketones (excluding diaryl/α,β-unsaturated/α-hetero) is 1. The van der Waals surface area contributed by atoms with Gasteiger partial charge in [0.2, 0.25) is 0 Å². The number of ether oxygens (including phenoxy) is 2. The number of benzene rings is 1. The van der Waals surface area contributed by atoms with Gasteiger partial charge in [-0.05, 0) is 66.2 Å². The molecule has 1 N–H and O–H groups in total. The first-order chi connectivity index (χ1) is 13.5. The zero-order chi connectivity index (χ0) is 23.1. The lowest BCUT2D eigenvalue weighted by molar-refractivity contribution is -0.182. The highest BCUT2D eigenvalue weighted by molar-refractivity contribution is 6.03. The molecule has 0 aromatic heterocycles. The molecule has 1 aromatic carbocycles. The molecule has 4 atom stereocenters. The highest BCUT2D eigenvalue weighted by Gasteiger charge is 2.57. The molecule has 0 bridgehead atoms. The number of rotatable bonds is 3. The molecule has 1 fully saturated rings. The van der Waals surface area contributed by atoms with Crippen molar-refractivity contribution in [3.63, 3.8) is 0 Å². The predicted octanol–water partition coefficient (Wildman–Crippen LogP) is 3.55. The fourth-order valence-corrected chi connectivity index (χ4v) is 3.83. The third-order valence-corrected chi connectivity index (χ3v) is 4.84. The molecule has 7 heteroatoms. The maximum atomic E-state index is 13.5. The predicted molar refractivity (Wildman–Crippen MR) is 108 cm³/mol. The quantitative estimate of drug-likeness (QED) is 0.592. The van der Waals surface area contributed by atoms with Crippen molar-refractivity contribution in [2.75, 3.05) is 0 Å². The van der Waals surface area contributed by atoms with E-state index in [0.29, 0.717) is 5.56 Å². The third kappa shape index (κ3) is 5.65. The topological polar surface area (TPSA) is 89.9 Å². The van der Waals surface area contributed by atoms with E-state index in [0.717, 1.165) is 0 Å². The summed E-state index contributed by atoms with van der Waals surface area (Å²) in [6, 6.07) is 5.18. The minimum Gasteiger partial charge on any atom is -0.460 e. The first-order valence-corrected chi connectivity index (χ1v) is 9.98. The lowest BCUT2D eigenvalue weighted by Gasteiger charge is -2.44. The van der Waals surface area contributed by atoms with Crippen LogP contribution in [0.15, 0.2) is 24.3 Å². The normalized spacial score (nSPS) is 27.5. The lowest BCUT2D eigenvalue weighted by Crippen LogP contribution is -2.56. The molecule has 2 rings (SSSR count). The zero-order valence-electron chi connectivity index (χ0n) is 18.6. The van der Waals surface area contributed by atoms with Crippen LogP contribution in [0.2, 0.25) is 0 Å². The van der Waals surface area contributed by atoms with Gasteiger partial charge in [-0.15, -0.1) is 0 Å². The van der Waals surface area contributed by atoms with Crippen molar-refractivity contribution < 1.29 is 33.4 Å². The average Bonchev–Trinajstić information content (AvgIpc) is 2.50. The highest BCUT2D eigenvalue weighted by atomic mass is 19.1. The lowest BCUT2D eigenvalue weighted by atomic mass is 9.61. The van der Waals surface area contributed by atoms with Crippen LogP contribution in [0.25, 0.3) is 0 Å². The molecule has 0 spiro atoms. The second kappa shape index (κ2) is 8.10. The van der Waals surface area contributed by atoms with Gasteiger partial charge in [-0.25, -0.2) is 4.39 Å². The van der Waals surface area contributed by atoms with Gasteiger partial charge in [-0.3, -0.25) is 14.4 Å². The molecule has 0 heterocycles. The summed E-state index contributed by atoms with van der Waals surface area (Å²) in [5, 5.41) is 11.0. The summed E-state index contributed by atoms with van der Waals surface area (Å²) in [5.41, 5.74) is -3.08. The van der Waals surface area contributed by atoms with Gasteiger partial charge in [-0.1, -0.05) is 12.1 Å². The van der Waals surface area contributed by atoms with Crippen molar-refractivity contribution in [2.45, 2.75) is 77.6 Å². The number of carbonyl (C=O) groups is 3. The Bertz CT molecular complexity index is 814. The number of halogens is 1. The monoisotopic (exact) mass is 422 g/mol. The van der Waals surface area contributed by atoms with E-state index in [2.05, 4.69) is 0 Å². The molecular formula is C23H31FO6. The van der Waals surface area contributed by atoms with Crippen LogP contribution in [0.4, 0.5) is 4.39 Å². The van der Waals surface area contributed by atoms with Crippen LogP contribution in [0.1, 0.15) is 66.4 Å². The highest BCUT2D eigenvalue weighted by Crippen LogP contribution is 2.47. The fourth-order valence-electron chi connectivity index (χ4n) is 3.83. The zero-order valence-corrected chi connectivity index (χ0v) is 18.6. The summed E-state index contributed by atoms with van der Waals surface area (Å²) in [7, 11) is 0. The van der Waals surface area contributed by atoms with Gasteiger partial charge in [0.1, 0.15) is 22.9 Å². The second-order valence-corrected chi connectivity index (χ2v) is 10.1. The van der Waals surface area contributed by atoms with E-state index in [1.165, 1.54) is 31.2 Å². The van der Waals surface area contributed by atoms with Crippen molar-refractivity contribution in [2.24, 2.45) is 11.8 Å². The minimum atomic E-state index is -1.75. The van der Waals surface area contributed by atoms with E-state index in [4.69, 9.17) is 9.47 Å². The Hall–Kier alpha value is -2.28. The maximum Gasteiger partial charge on any atom is 0.317 e. The summed E-state index contributed by atoms with van der Waals surface area (Å²) < 4.78 is 24.5. The molecule has 166 valence electrons. The molecule has 30 heavy (non-hydrogen) atoms. The molecule has 0 amide bonds. The number of ketones is 1. The fraction of sp³-hybridized carbons (Fsp3) is 0.609. The Kier molecular flexibility index (Phi) is 6.48. The van der Waals surface area contributed by atoms with Crippen molar-refractivity contribution >= 4 is 17.7 Å². The third-order valence-electron chi connectivity index (χ3n) is 4.84. The Morgan fingerprint density at radius 1 is 1.00 bits per heavy atom. The number of carbonyl (C=O) groups excluding carboxylic acids is 3.